The Kier molecular flexibility index (Phi) is 5.11. The van der Waals surface area contributed by atoms with Gasteiger partial charge < -0.3 is 9.80 Å². The summed E-state index contributed by atoms with van der Waals surface area (Å²) in [7, 11) is 0. The fraction of sp³-hybridized carbons (Fsp3) is 0.222. The number of rotatable bonds is 2. The van der Waals surface area contributed by atoms with Gasteiger partial charge in [0, 0.05) is 31.7 Å². The Balaban J connectivity index is 1.68. The van der Waals surface area contributed by atoms with Crippen LogP contribution in [0.2, 0.25) is 0 Å². The zero-order chi connectivity index (χ0) is 19.7. The fourth-order valence-corrected chi connectivity index (χ4v) is 2.79. The number of halogens is 5. The molecule has 0 aromatic heterocycles. The number of nitrogens with zero attached hydrogens (tertiary/aromatic N) is 2. The van der Waals surface area contributed by atoms with Crippen LogP contribution in [0.3, 0.4) is 0 Å². The molecule has 1 heterocycles. The van der Waals surface area contributed by atoms with Crippen LogP contribution in [0.25, 0.3) is 0 Å². The lowest BCUT2D eigenvalue weighted by Crippen LogP contribution is -2.50. The molecule has 3 rings (SSSR count). The first kappa shape index (κ1) is 18.8. The molecule has 2 aromatic carbocycles. The normalized spacial score (nSPS) is 14.4. The quantitative estimate of drug-likeness (QED) is 0.590. The van der Waals surface area contributed by atoms with E-state index in [9.17, 15) is 31.5 Å². The first-order valence-electron chi connectivity index (χ1n) is 7.96. The Hall–Kier alpha value is -2.97. The molecule has 0 saturated carbocycles. The third-order valence-electron chi connectivity index (χ3n) is 4.29. The third-order valence-corrected chi connectivity index (χ3v) is 4.29. The largest absolute Gasteiger partial charge is 0.335 e. The van der Waals surface area contributed by atoms with E-state index in [-0.39, 0.29) is 31.7 Å². The number of hydrogen-bond acceptors (Lipinski definition) is 2. The van der Waals surface area contributed by atoms with Crippen molar-refractivity contribution in [2.24, 2.45) is 0 Å². The summed E-state index contributed by atoms with van der Waals surface area (Å²) in [4.78, 5) is 27.2. The first-order valence-corrected chi connectivity index (χ1v) is 7.96. The van der Waals surface area contributed by atoms with Gasteiger partial charge in [-0.25, -0.2) is 22.0 Å². The Labute approximate surface area is 150 Å². The van der Waals surface area contributed by atoms with Crippen LogP contribution in [0.4, 0.5) is 22.0 Å². The molecule has 9 heteroatoms. The summed E-state index contributed by atoms with van der Waals surface area (Å²) in [6.07, 6.45) is 0. The number of carbonyl (C=O) groups is 2. The molecule has 27 heavy (non-hydrogen) atoms. The minimum Gasteiger partial charge on any atom is -0.335 e. The van der Waals surface area contributed by atoms with E-state index in [2.05, 4.69) is 0 Å². The zero-order valence-electron chi connectivity index (χ0n) is 13.8. The second kappa shape index (κ2) is 7.34. The van der Waals surface area contributed by atoms with E-state index in [4.69, 9.17) is 0 Å². The van der Waals surface area contributed by atoms with Crippen molar-refractivity contribution in [3.63, 3.8) is 0 Å². The summed E-state index contributed by atoms with van der Waals surface area (Å²) in [6.45, 7) is 0.170. The van der Waals surface area contributed by atoms with Crippen LogP contribution in [0, 0.1) is 29.1 Å². The molecular formula is C18H13F5N2O2. The second-order valence-electron chi connectivity index (χ2n) is 5.94. The second-order valence-corrected chi connectivity index (χ2v) is 5.94. The van der Waals surface area contributed by atoms with Crippen molar-refractivity contribution < 1.29 is 31.5 Å². The lowest BCUT2D eigenvalue weighted by molar-refractivity contribution is 0.0532. The minimum atomic E-state index is -1.73. The number of amides is 2. The molecule has 1 saturated heterocycles. The van der Waals surface area contributed by atoms with Gasteiger partial charge in [-0.2, -0.15) is 0 Å². The monoisotopic (exact) mass is 384 g/mol. The van der Waals surface area contributed by atoms with Gasteiger partial charge in [-0.15, -0.1) is 0 Å². The lowest BCUT2D eigenvalue weighted by atomic mass is 10.1. The van der Waals surface area contributed by atoms with Gasteiger partial charge in [0.25, 0.3) is 11.8 Å². The molecular weight excluding hydrogens is 371 g/mol. The molecule has 2 aromatic rings. The molecule has 0 unspecified atom stereocenters. The Bertz CT molecular complexity index is 911. The van der Waals surface area contributed by atoms with E-state index in [0.717, 1.165) is 24.3 Å². The molecule has 2 amide bonds. The predicted octanol–water partition coefficient (Wildman–Crippen LogP) is 2.98. The summed E-state index contributed by atoms with van der Waals surface area (Å²) < 4.78 is 66.3. The SMILES string of the molecule is O=C(c1ccc(F)c(F)c1)N1CCN(C(=O)c2ccc(F)c(F)c2F)CC1. The lowest BCUT2D eigenvalue weighted by Gasteiger charge is -2.35. The zero-order valence-corrected chi connectivity index (χ0v) is 13.8. The highest BCUT2D eigenvalue weighted by Gasteiger charge is 2.28. The van der Waals surface area contributed by atoms with Crippen molar-refractivity contribution in [1.82, 2.24) is 9.80 Å². The van der Waals surface area contributed by atoms with E-state index in [1.54, 1.807) is 0 Å². The van der Waals surface area contributed by atoms with E-state index in [1.807, 2.05) is 0 Å². The molecule has 0 atom stereocenters. The molecule has 0 aliphatic carbocycles. The third kappa shape index (κ3) is 3.62. The molecule has 1 fully saturated rings. The highest BCUT2D eigenvalue weighted by atomic mass is 19.2. The van der Waals surface area contributed by atoms with Gasteiger partial charge in [0.05, 0.1) is 5.56 Å². The fourth-order valence-electron chi connectivity index (χ4n) is 2.79. The van der Waals surface area contributed by atoms with Gasteiger partial charge >= 0.3 is 0 Å². The minimum absolute atomic E-state index is 0.0205. The van der Waals surface area contributed by atoms with Crippen molar-refractivity contribution in [3.05, 3.63) is 70.5 Å². The Morgan fingerprint density at radius 3 is 1.81 bits per heavy atom. The van der Waals surface area contributed by atoms with Gasteiger partial charge in [0.2, 0.25) is 0 Å². The topological polar surface area (TPSA) is 40.6 Å². The molecule has 1 aliphatic heterocycles. The first-order chi connectivity index (χ1) is 12.8. The molecule has 0 radical (unpaired) electrons. The standard InChI is InChI=1S/C18H13F5N2O2/c19-12-3-1-10(9-14(12)21)17(26)24-5-7-25(8-6-24)18(27)11-2-4-13(20)16(23)15(11)22/h1-4,9H,5-8H2. The maximum atomic E-state index is 13.8. The van der Waals surface area contributed by atoms with Crippen molar-refractivity contribution in [2.75, 3.05) is 26.2 Å². The average Bonchev–Trinajstić information content (AvgIpc) is 2.67. The van der Waals surface area contributed by atoms with Crippen molar-refractivity contribution in [1.29, 1.82) is 0 Å². The van der Waals surface area contributed by atoms with Crippen LogP contribution in [0.1, 0.15) is 20.7 Å². The van der Waals surface area contributed by atoms with Gasteiger partial charge in [0.15, 0.2) is 29.1 Å². The van der Waals surface area contributed by atoms with Gasteiger partial charge in [-0.3, -0.25) is 9.59 Å². The maximum absolute atomic E-state index is 13.8. The summed E-state index contributed by atoms with van der Waals surface area (Å²) in [5, 5.41) is 0. The molecule has 1 aliphatic rings. The van der Waals surface area contributed by atoms with Gasteiger partial charge in [-0.1, -0.05) is 0 Å². The highest BCUT2D eigenvalue weighted by Crippen LogP contribution is 2.19. The predicted molar refractivity (Wildman–Crippen MR) is 84.5 cm³/mol. The van der Waals surface area contributed by atoms with Crippen LogP contribution in [0.5, 0.6) is 0 Å². The van der Waals surface area contributed by atoms with E-state index < -0.39 is 46.5 Å². The average molecular weight is 384 g/mol. The molecule has 4 nitrogen and oxygen atoms in total. The Morgan fingerprint density at radius 2 is 1.22 bits per heavy atom. The summed E-state index contributed by atoms with van der Waals surface area (Å²) in [5.74, 6) is -8.29. The Morgan fingerprint density at radius 1 is 0.667 bits per heavy atom. The van der Waals surface area contributed by atoms with E-state index in [0.29, 0.717) is 6.07 Å². The van der Waals surface area contributed by atoms with Crippen molar-refractivity contribution >= 4 is 11.8 Å². The molecule has 0 bridgehead atoms. The smallest absolute Gasteiger partial charge is 0.257 e. The number of carbonyl (C=O) groups excluding carboxylic acids is 2. The number of piperazine rings is 1. The highest BCUT2D eigenvalue weighted by molar-refractivity contribution is 5.96. The molecule has 0 spiro atoms. The summed E-state index contributed by atoms with van der Waals surface area (Å²) in [6, 6.07) is 4.29. The van der Waals surface area contributed by atoms with Gasteiger partial charge in [0.1, 0.15) is 0 Å². The van der Waals surface area contributed by atoms with E-state index >= 15 is 0 Å². The van der Waals surface area contributed by atoms with Gasteiger partial charge in [-0.05, 0) is 30.3 Å². The summed E-state index contributed by atoms with van der Waals surface area (Å²) in [5.41, 5.74) is -0.644. The van der Waals surface area contributed by atoms with Crippen molar-refractivity contribution in [2.45, 2.75) is 0 Å². The number of benzene rings is 2. The van der Waals surface area contributed by atoms with Crippen LogP contribution in [-0.4, -0.2) is 47.8 Å². The summed E-state index contributed by atoms with van der Waals surface area (Å²) >= 11 is 0. The van der Waals surface area contributed by atoms with Crippen LogP contribution >= 0.6 is 0 Å². The number of hydrogen-bond donors (Lipinski definition) is 0. The van der Waals surface area contributed by atoms with Crippen LogP contribution in [0.15, 0.2) is 30.3 Å². The molecule has 0 N–H and O–H groups in total. The van der Waals surface area contributed by atoms with Crippen LogP contribution in [-0.2, 0) is 0 Å². The van der Waals surface area contributed by atoms with Crippen molar-refractivity contribution in [3.8, 4) is 0 Å². The maximum Gasteiger partial charge on any atom is 0.257 e. The van der Waals surface area contributed by atoms with E-state index in [1.165, 1.54) is 9.80 Å². The van der Waals surface area contributed by atoms with Crippen LogP contribution < -0.4 is 0 Å². The molecule has 142 valence electrons.